The van der Waals surface area contributed by atoms with E-state index in [4.69, 9.17) is 20.9 Å². The topological polar surface area (TPSA) is 508 Å². The number of ether oxygens (including phenoxy) is 2. The Bertz CT molecular complexity index is 2970. The summed E-state index contributed by atoms with van der Waals surface area (Å²) in [5, 5.41) is 76.1. The largest absolute Gasteiger partial charge is 0.508 e. The number of aliphatic imine (C=N–C) groups is 1. The van der Waals surface area contributed by atoms with Crippen LogP contribution < -0.4 is 64.6 Å². The number of benzene rings is 2. The summed E-state index contributed by atoms with van der Waals surface area (Å²) in [7, 11) is 1.32. The Balaban J connectivity index is 1.54. The summed E-state index contributed by atoms with van der Waals surface area (Å²) in [5.41, 5.74) is 12.8. The number of aromatic hydroxyl groups is 1. The summed E-state index contributed by atoms with van der Waals surface area (Å²) < 4.78 is 9.76. The number of aliphatic hydroxyl groups excluding tert-OH is 2. The molecule has 92 heavy (non-hydrogen) atoms. The second-order valence-electron chi connectivity index (χ2n) is 22.9. The minimum Gasteiger partial charge on any atom is -0.508 e. The molecule has 1 fully saturated rings. The van der Waals surface area contributed by atoms with Crippen molar-refractivity contribution >= 4 is 82.2 Å². The Morgan fingerprint density at radius 3 is 1.87 bits per heavy atom. The second-order valence-corrected chi connectivity index (χ2v) is 22.9. The number of alkyl carbamates (subject to hydrolysis) is 1. The Hall–Kier alpha value is -9.14. The van der Waals surface area contributed by atoms with Gasteiger partial charge in [-0.05, 0) is 73.8 Å². The maximum atomic E-state index is 14.6. The number of methoxy groups -OCH3 is 1. The number of H-pyrrole nitrogens is 1. The number of amides is 9. The molecular weight excluding hydrogens is 1200 g/mol. The third kappa shape index (κ3) is 26.7. The number of aliphatic hydroxyl groups is 2. The Morgan fingerprint density at radius 1 is 0.674 bits per heavy atom. The van der Waals surface area contributed by atoms with Gasteiger partial charge in [-0.1, -0.05) is 76.3 Å². The molecule has 32 heteroatoms. The summed E-state index contributed by atoms with van der Waals surface area (Å²) >= 11 is 0. The lowest BCUT2D eigenvalue weighted by Crippen LogP contribution is -2.61. The SMILES string of the molecule is COCC(=O)NCCOC(=O)N[C@@H](CC(=O)O)C(=O)N[C@H](CN[C@@H](C)C(=O)N[C@H](CO)C(=O)N[C@H](CCCN=C(N)N)C(=O)N[C@@H](Cc1ccc(O)cc1)C(=O)N[C@@H](CC(C)C)C(=O)N[C@@H](Cc1c[nH]c2ccccc12)C(=O)N[C@@H](CO)C(=O)O)CC1CCCCC1. The van der Waals surface area contributed by atoms with E-state index < -0.39 is 139 Å². The van der Waals surface area contributed by atoms with Gasteiger partial charge in [-0.15, -0.1) is 0 Å². The molecule has 0 radical (unpaired) electrons. The van der Waals surface area contributed by atoms with E-state index >= 15 is 0 Å². The van der Waals surface area contributed by atoms with Crippen molar-refractivity contribution in [1.82, 2.24) is 58.2 Å². The lowest BCUT2D eigenvalue weighted by atomic mass is 9.84. The molecule has 0 bridgehead atoms. The number of phenols is 1. The number of para-hydroxylation sites is 1. The minimum absolute atomic E-state index is 0.0227. The molecule has 32 nitrogen and oxygen atoms in total. The third-order valence-electron chi connectivity index (χ3n) is 14.9. The average molecular weight is 1300 g/mol. The number of aromatic nitrogens is 1. The number of guanidine groups is 1. The van der Waals surface area contributed by atoms with E-state index in [2.05, 4.69) is 63.1 Å². The summed E-state index contributed by atoms with van der Waals surface area (Å²) in [5.74, 6) is -10.4. The molecule has 0 unspecified atom stereocenters. The number of hydrogen-bond acceptors (Lipinski definition) is 18. The predicted octanol–water partition coefficient (Wildman–Crippen LogP) is -2.50. The van der Waals surface area contributed by atoms with Crippen LogP contribution in [-0.2, 0) is 70.3 Å². The summed E-state index contributed by atoms with van der Waals surface area (Å²) in [6.07, 6.45) is 4.06. The number of phenolic OH excluding ortho intramolecular Hbond substituents is 1. The van der Waals surface area contributed by atoms with Crippen LogP contribution in [0, 0.1) is 11.8 Å². The molecule has 1 aliphatic carbocycles. The summed E-state index contributed by atoms with van der Waals surface area (Å²) in [4.78, 5) is 154. The smallest absolute Gasteiger partial charge is 0.407 e. The van der Waals surface area contributed by atoms with Crippen LogP contribution in [0.1, 0.15) is 96.1 Å². The van der Waals surface area contributed by atoms with Gasteiger partial charge in [0.15, 0.2) is 5.96 Å². The van der Waals surface area contributed by atoms with Gasteiger partial charge in [-0.25, -0.2) is 9.59 Å². The summed E-state index contributed by atoms with van der Waals surface area (Å²) in [6.45, 7) is 2.28. The van der Waals surface area contributed by atoms with Gasteiger partial charge in [0.25, 0.3) is 0 Å². The van der Waals surface area contributed by atoms with Gasteiger partial charge < -0.3 is 105 Å². The maximum Gasteiger partial charge on any atom is 0.407 e. The van der Waals surface area contributed by atoms with Crippen LogP contribution in [0.3, 0.4) is 0 Å². The fourth-order valence-electron chi connectivity index (χ4n) is 10.1. The van der Waals surface area contributed by atoms with Crippen LogP contribution in [0.15, 0.2) is 59.7 Å². The lowest BCUT2D eigenvalue weighted by Gasteiger charge is -2.30. The van der Waals surface area contributed by atoms with Crippen molar-refractivity contribution in [2.24, 2.45) is 28.3 Å². The highest BCUT2D eigenvalue weighted by atomic mass is 16.5. The van der Waals surface area contributed by atoms with Crippen molar-refractivity contribution in [3.63, 3.8) is 0 Å². The predicted molar refractivity (Wildman–Crippen MR) is 333 cm³/mol. The van der Waals surface area contributed by atoms with Gasteiger partial charge in [0.2, 0.25) is 47.3 Å². The van der Waals surface area contributed by atoms with Crippen molar-refractivity contribution < 1.29 is 87.7 Å². The quantitative estimate of drug-likeness (QED) is 0.0159. The van der Waals surface area contributed by atoms with Crippen molar-refractivity contribution in [3.05, 3.63) is 65.9 Å². The average Bonchev–Trinajstić information content (AvgIpc) is 1.82. The molecule has 0 saturated heterocycles. The van der Waals surface area contributed by atoms with Crippen molar-refractivity contribution in [1.29, 1.82) is 0 Å². The maximum absolute atomic E-state index is 14.6. The van der Waals surface area contributed by atoms with Gasteiger partial charge in [-0.2, -0.15) is 0 Å². The molecule has 2 aromatic carbocycles. The van der Waals surface area contributed by atoms with Crippen LogP contribution in [0.4, 0.5) is 4.79 Å². The zero-order valence-corrected chi connectivity index (χ0v) is 52.1. The van der Waals surface area contributed by atoms with Gasteiger partial charge in [0.1, 0.15) is 61.3 Å². The summed E-state index contributed by atoms with van der Waals surface area (Å²) in [6, 6.07) is 0.00348. The molecule has 1 saturated carbocycles. The van der Waals surface area contributed by atoms with E-state index in [1.165, 1.54) is 38.3 Å². The number of carboxylic acid groups (broad SMARTS) is 2. The Kier molecular flexibility index (Phi) is 32.1. The fraction of sp³-hybridized carbons (Fsp3) is 0.567. The van der Waals surface area contributed by atoms with Crippen LogP contribution in [0.2, 0.25) is 0 Å². The van der Waals surface area contributed by atoms with E-state index in [0.29, 0.717) is 28.5 Å². The lowest BCUT2D eigenvalue weighted by molar-refractivity contribution is -0.143. The van der Waals surface area contributed by atoms with E-state index in [1.54, 1.807) is 44.3 Å². The van der Waals surface area contributed by atoms with Gasteiger partial charge >= 0.3 is 18.0 Å². The first-order chi connectivity index (χ1) is 43.8. The van der Waals surface area contributed by atoms with Gasteiger partial charge in [0, 0.05) is 56.2 Å². The number of carboxylic acids is 2. The number of rotatable bonds is 40. The molecular formula is C60H90N14O18. The number of nitrogens with one attached hydrogen (secondary N) is 11. The molecule has 20 N–H and O–H groups in total. The molecule has 9 amide bonds. The first kappa shape index (κ1) is 75.3. The number of fused-ring (bicyclic) bond motifs is 1. The minimum atomic E-state index is -1.73. The molecule has 3 aromatic rings. The standard InChI is InChI=1S/C60H90N14O18/c1-33(2)23-43(54(84)71-45(56(86)73-48(31-76)58(88)89)26-37-28-66-41-14-9-8-13-40(37)41)69-55(85)44(25-36-16-18-39(77)19-17-36)70-52(82)42(15-10-20-64-59(61)62)68-57(87)47(30-75)72-51(81)34(3)65-29-38(24-35-11-6-5-7-12-35)67-53(83)46(27-50(79)80)74-60(90)92-22-21-63-49(78)32-91-4/h8-9,13-14,16-19,28,33-35,38,42-48,65-66,75-77H,5-7,10-12,15,20-27,29-32H2,1-4H3,(H,63,78)(H,67,83)(H,68,87)(H,69,85)(H,70,82)(H,71,84)(H,72,81)(H,73,86)(H,74,90)(H,79,80)(H,88,89)(H4,61,62,64)/t34-,38-,42+,43-,44-,45-,46-,47+,48-/m0/s1. The van der Waals surface area contributed by atoms with Crippen LogP contribution >= 0.6 is 0 Å². The van der Waals surface area contributed by atoms with Crippen LogP contribution in [-0.4, -0.2) is 209 Å². The first-order valence-electron chi connectivity index (χ1n) is 30.4. The highest BCUT2D eigenvalue weighted by molar-refractivity contribution is 5.98. The molecule has 1 heterocycles. The van der Waals surface area contributed by atoms with Crippen molar-refractivity contribution in [2.45, 2.75) is 152 Å². The highest BCUT2D eigenvalue weighted by Crippen LogP contribution is 2.27. The van der Waals surface area contributed by atoms with E-state index in [9.17, 15) is 78.3 Å². The molecule has 508 valence electrons. The van der Waals surface area contributed by atoms with E-state index in [0.717, 1.165) is 32.1 Å². The molecule has 0 aliphatic heterocycles. The first-order valence-corrected chi connectivity index (χ1v) is 30.4. The van der Waals surface area contributed by atoms with Crippen molar-refractivity contribution in [3.8, 4) is 5.75 Å². The number of hydrogen-bond donors (Lipinski definition) is 18. The third-order valence-corrected chi connectivity index (χ3v) is 14.9. The highest BCUT2D eigenvalue weighted by Gasteiger charge is 2.36. The number of aliphatic carboxylic acids is 2. The molecule has 1 aliphatic rings. The number of nitrogens with two attached hydrogens (primary N) is 2. The normalized spacial score (nSPS) is 15.2. The monoisotopic (exact) mass is 1290 g/mol. The van der Waals surface area contributed by atoms with Crippen LogP contribution in [0.5, 0.6) is 5.75 Å². The molecule has 0 spiro atoms. The molecule has 1 aromatic heterocycles. The van der Waals surface area contributed by atoms with Crippen LogP contribution in [0.25, 0.3) is 10.9 Å². The molecule has 9 atom stereocenters. The van der Waals surface area contributed by atoms with Crippen molar-refractivity contribution in [2.75, 3.05) is 53.2 Å². The number of carbonyl (C=O) groups excluding carboxylic acids is 9. The van der Waals surface area contributed by atoms with E-state index in [1.807, 2.05) is 0 Å². The second kappa shape index (κ2) is 39.2. The fourth-order valence-corrected chi connectivity index (χ4v) is 10.1. The number of nitrogens with zero attached hydrogens (tertiary/aromatic N) is 1. The van der Waals surface area contributed by atoms with Gasteiger partial charge in [0.05, 0.1) is 32.2 Å². The Morgan fingerprint density at radius 2 is 1.25 bits per heavy atom. The van der Waals surface area contributed by atoms with E-state index in [-0.39, 0.29) is 88.5 Å². The molecule has 4 rings (SSSR count). The zero-order valence-electron chi connectivity index (χ0n) is 52.1. The number of carbonyl (C=O) groups is 11. The Labute approximate surface area is 531 Å². The zero-order chi connectivity index (χ0) is 67.9. The van der Waals surface area contributed by atoms with Gasteiger partial charge in [-0.3, -0.25) is 48.1 Å². The number of aromatic amines is 1.